The van der Waals surface area contributed by atoms with Crippen LogP contribution in [0.3, 0.4) is 0 Å². The van der Waals surface area contributed by atoms with Gasteiger partial charge in [-0.3, -0.25) is 9.89 Å². The first-order valence-corrected chi connectivity index (χ1v) is 17.1. The fraction of sp³-hybridized carbons (Fsp3) is 0.750. The van der Waals surface area contributed by atoms with Crippen LogP contribution in [-0.4, -0.2) is 75.2 Å². The summed E-state index contributed by atoms with van der Waals surface area (Å²) in [6.07, 6.45) is 18.6. The first-order chi connectivity index (χ1) is 20.0. The summed E-state index contributed by atoms with van der Waals surface area (Å²) in [5, 5.41) is 4.47. The van der Waals surface area contributed by atoms with E-state index in [9.17, 15) is 0 Å². The second kappa shape index (κ2) is 14.9. The molecule has 226 valence electrons. The van der Waals surface area contributed by atoms with Gasteiger partial charge in [0.05, 0.1) is 28.5 Å². The van der Waals surface area contributed by atoms with Crippen molar-refractivity contribution >= 4 is 33.9 Å². The second-order valence-corrected chi connectivity index (χ2v) is 13.7. The summed E-state index contributed by atoms with van der Waals surface area (Å²) in [6.45, 7) is 13.0. The number of hydrogen-bond acceptors (Lipinski definition) is 9. The quantitative estimate of drug-likeness (QED) is 0.307. The van der Waals surface area contributed by atoms with Gasteiger partial charge in [0.25, 0.3) is 0 Å². The zero-order valence-electron chi connectivity index (χ0n) is 25.7. The molecule has 2 saturated carbocycles. The molecule has 1 saturated heterocycles. The molecule has 41 heavy (non-hydrogen) atoms. The SMILES string of the molecule is Cc1nsc2nc(NC(C=NC3CCCCC3)=CN)nc(CCCC3CCC(CN4CCN(C(C)C)CC4)CC3)c12. The number of hydrogen-bond donors (Lipinski definition) is 2. The zero-order valence-corrected chi connectivity index (χ0v) is 26.5. The van der Waals surface area contributed by atoms with Crippen LogP contribution in [0.15, 0.2) is 16.9 Å². The lowest BCUT2D eigenvalue weighted by Gasteiger charge is -2.39. The number of fused-ring (bicyclic) bond motifs is 1. The summed E-state index contributed by atoms with van der Waals surface area (Å²) in [5.74, 6) is 2.33. The topological polar surface area (TPSA) is 95.6 Å². The maximum Gasteiger partial charge on any atom is 0.228 e. The van der Waals surface area contributed by atoms with E-state index in [1.165, 1.54) is 108 Å². The van der Waals surface area contributed by atoms with Gasteiger partial charge in [-0.2, -0.15) is 9.36 Å². The molecule has 5 rings (SSSR count). The Morgan fingerprint density at radius 2 is 1.76 bits per heavy atom. The van der Waals surface area contributed by atoms with E-state index in [0.717, 1.165) is 52.0 Å². The minimum atomic E-state index is 0.402. The van der Waals surface area contributed by atoms with Crippen LogP contribution >= 0.6 is 11.5 Å². The third-order valence-electron chi connectivity index (χ3n) is 9.66. The van der Waals surface area contributed by atoms with E-state index in [1.54, 1.807) is 6.20 Å². The number of aliphatic imine (C=N–C) groups is 1. The lowest BCUT2D eigenvalue weighted by atomic mass is 9.79. The van der Waals surface area contributed by atoms with E-state index < -0.39 is 0 Å². The van der Waals surface area contributed by atoms with Crippen molar-refractivity contribution in [2.24, 2.45) is 22.6 Å². The van der Waals surface area contributed by atoms with Gasteiger partial charge in [0.15, 0.2) is 0 Å². The van der Waals surface area contributed by atoms with Gasteiger partial charge in [-0.15, -0.1) is 0 Å². The van der Waals surface area contributed by atoms with Gasteiger partial charge in [-0.25, -0.2) is 4.98 Å². The lowest BCUT2D eigenvalue weighted by molar-refractivity contribution is 0.0868. The van der Waals surface area contributed by atoms with E-state index in [4.69, 9.17) is 20.7 Å². The fourth-order valence-electron chi connectivity index (χ4n) is 7.06. The van der Waals surface area contributed by atoms with Gasteiger partial charge in [0.2, 0.25) is 5.95 Å². The van der Waals surface area contributed by atoms with Crippen LogP contribution in [0, 0.1) is 18.8 Å². The molecule has 0 atom stereocenters. The third-order valence-corrected chi connectivity index (χ3v) is 10.5. The molecule has 0 spiro atoms. The number of aromatic nitrogens is 3. The maximum atomic E-state index is 5.95. The van der Waals surface area contributed by atoms with Crippen molar-refractivity contribution in [1.82, 2.24) is 24.1 Å². The van der Waals surface area contributed by atoms with Crippen LogP contribution in [-0.2, 0) is 6.42 Å². The average Bonchev–Trinajstić information content (AvgIpc) is 3.37. The number of nitrogens with one attached hydrogen (secondary N) is 1. The standard InChI is InChI=1S/C32H52N8S/c1-23(2)40-18-16-39(17-19-40)22-26-14-12-25(13-15-26)8-7-11-29-30-24(3)38-41-31(30)37-32(36-29)35-28(20-33)21-34-27-9-5-4-6-10-27/h20-21,23,25-27H,4-19,22,33H2,1-3H3,(H,35,36,37). The molecule has 3 fully saturated rings. The Balaban J connectivity index is 1.11. The molecule has 3 heterocycles. The highest BCUT2D eigenvalue weighted by Crippen LogP contribution is 2.33. The molecule has 2 aromatic heterocycles. The van der Waals surface area contributed by atoms with Crippen LogP contribution < -0.4 is 11.1 Å². The molecule has 2 aliphatic carbocycles. The molecule has 3 N–H and O–H groups in total. The van der Waals surface area contributed by atoms with Crippen molar-refractivity contribution in [2.75, 3.05) is 38.0 Å². The molecule has 0 aromatic carbocycles. The van der Waals surface area contributed by atoms with Crippen molar-refractivity contribution in [3.05, 3.63) is 23.3 Å². The molecule has 0 bridgehead atoms. The van der Waals surface area contributed by atoms with Crippen molar-refractivity contribution < 1.29 is 0 Å². The summed E-state index contributed by atoms with van der Waals surface area (Å²) >= 11 is 1.46. The molecule has 0 unspecified atom stereocenters. The van der Waals surface area contributed by atoms with Gasteiger partial charge in [0, 0.05) is 51.2 Å². The highest BCUT2D eigenvalue weighted by atomic mass is 32.1. The van der Waals surface area contributed by atoms with Gasteiger partial charge in [-0.1, -0.05) is 38.5 Å². The van der Waals surface area contributed by atoms with Crippen LogP contribution in [0.5, 0.6) is 0 Å². The number of rotatable bonds is 11. The highest BCUT2D eigenvalue weighted by molar-refractivity contribution is 7.13. The highest BCUT2D eigenvalue weighted by Gasteiger charge is 2.25. The van der Waals surface area contributed by atoms with Gasteiger partial charge in [-0.05, 0) is 82.7 Å². The second-order valence-electron chi connectivity index (χ2n) is 13.0. The van der Waals surface area contributed by atoms with Crippen molar-refractivity contribution in [1.29, 1.82) is 0 Å². The largest absolute Gasteiger partial charge is 0.403 e. The fourth-order valence-corrected chi connectivity index (χ4v) is 7.86. The smallest absolute Gasteiger partial charge is 0.228 e. The summed E-state index contributed by atoms with van der Waals surface area (Å²) in [4.78, 5) is 20.8. The van der Waals surface area contributed by atoms with Crippen LogP contribution in [0.2, 0.25) is 0 Å². The molecule has 3 aliphatic rings. The Labute approximate surface area is 251 Å². The molecule has 9 heteroatoms. The van der Waals surface area contributed by atoms with Crippen LogP contribution in [0.4, 0.5) is 5.95 Å². The molecular weight excluding hydrogens is 528 g/mol. The lowest BCUT2D eigenvalue weighted by Crippen LogP contribution is -2.50. The monoisotopic (exact) mass is 580 g/mol. The Hall–Kier alpha value is -2.10. The zero-order chi connectivity index (χ0) is 28.6. The number of nitrogens with zero attached hydrogens (tertiary/aromatic N) is 6. The number of anilines is 1. The van der Waals surface area contributed by atoms with E-state index >= 15 is 0 Å². The Morgan fingerprint density at radius 3 is 2.46 bits per heavy atom. The molecule has 1 aliphatic heterocycles. The van der Waals surface area contributed by atoms with E-state index in [1.807, 2.05) is 6.21 Å². The van der Waals surface area contributed by atoms with Crippen LogP contribution in [0.25, 0.3) is 10.2 Å². The Bertz CT molecular complexity index is 1150. The Kier molecular flexibility index (Phi) is 11.0. The summed E-state index contributed by atoms with van der Waals surface area (Å²) < 4.78 is 4.60. The van der Waals surface area contributed by atoms with Crippen molar-refractivity contribution in [3.8, 4) is 0 Å². The minimum Gasteiger partial charge on any atom is -0.403 e. The summed E-state index contributed by atoms with van der Waals surface area (Å²) in [7, 11) is 0. The normalized spacial score (nSPS) is 24.1. The van der Waals surface area contributed by atoms with Crippen LogP contribution in [0.1, 0.15) is 95.9 Å². The molecule has 8 nitrogen and oxygen atoms in total. The van der Waals surface area contributed by atoms with Crippen molar-refractivity contribution in [3.63, 3.8) is 0 Å². The van der Waals surface area contributed by atoms with Gasteiger partial charge < -0.3 is 16.0 Å². The van der Waals surface area contributed by atoms with E-state index in [2.05, 4.69) is 40.3 Å². The minimum absolute atomic E-state index is 0.402. The summed E-state index contributed by atoms with van der Waals surface area (Å²) in [6, 6.07) is 1.08. The van der Waals surface area contributed by atoms with Gasteiger partial charge >= 0.3 is 0 Å². The maximum absolute atomic E-state index is 5.95. The van der Waals surface area contributed by atoms with Gasteiger partial charge in [0.1, 0.15) is 4.83 Å². The van der Waals surface area contributed by atoms with Crippen molar-refractivity contribution in [2.45, 2.75) is 110 Å². The average molecular weight is 581 g/mol. The number of allylic oxidation sites excluding steroid dienone is 1. The Morgan fingerprint density at radius 1 is 1.02 bits per heavy atom. The predicted octanol–water partition coefficient (Wildman–Crippen LogP) is 6.17. The molecule has 0 radical (unpaired) electrons. The number of piperazine rings is 1. The number of nitrogens with two attached hydrogens (primary N) is 1. The van der Waals surface area contributed by atoms with E-state index in [-0.39, 0.29) is 0 Å². The predicted molar refractivity (Wildman–Crippen MR) is 173 cm³/mol. The molecular formula is C32H52N8S. The first kappa shape index (κ1) is 30.4. The first-order valence-electron chi connectivity index (χ1n) is 16.3. The summed E-state index contributed by atoms with van der Waals surface area (Å²) in [5.41, 5.74) is 8.84. The molecule has 2 aromatic rings. The van der Waals surface area contributed by atoms with E-state index in [0.29, 0.717) is 18.0 Å². The number of aryl methyl sites for hydroxylation is 2. The third kappa shape index (κ3) is 8.48. The molecule has 0 amide bonds.